The van der Waals surface area contributed by atoms with Gasteiger partial charge in [0, 0.05) is 24.8 Å². The molecule has 0 bridgehead atoms. The van der Waals surface area contributed by atoms with Crippen molar-refractivity contribution in [2.24, 2.45) is 0 Å². The van der Waals surface area contributed by atoms with Crippen LogP contribution in [0.1, 0.15) is 69.3 Å². The fourth-order valence-electron chi connectivity index (χ4n) is 4.90. The number of nitrogens with one attached hydrogen (secondary N) is 2. The Morgan fingerprint density at radius 1 is 1.34 bits per heavy atom. The molecule has 3 heterocycles. The van der Waals surface area contributed by atoms with Crippen molar-refractivity contribution in [3.8, 4) is 6.07 Å². The lowest BCUT2D eigenvalue weighted by atomic mass is 9.80. The number of para-hydroxylation sites is 1. The molecule has 1 aromatic heterocycles. The molecule has 2 aliphatic rings. The van der Waals surface area contributed by atoms with Gasteiger partial charge in [-0.15, -0.1) is 0 Å². The lowest BCUT2D eigenvalue weighted by Crippen LogP contribution is -2.50. The van der Waals surface area contributed by atoms with Gasteiger partial charge in [0.2, 0.25) is 11.8 Å². The van der Waals surface area contributed by atoms with Gasteiger partial charge in [0.25, 0.3) is 5.91 Å². The second-order valence-electron chi connectivity index (χ2n) is 10.4. The summed E-state index contributed by atoms with van der Waals surface area (Å²) < 4.78 is 1.71. The molecular formula is C26H32N6O3. The lowest BCUT2D eigenvalue weighted by Gasteiger charge is -2.27. The predicted molar refractivity (Wildman–Crippen MR) is 130 cm³/mol. The Hall–Kier alpha value is -3.67. The molecule has 35 heavy (non-hydrogen) atoms. The predicted octanol–water partition coefficient (Wildman–Crippen LogP) is 2.94. The fraction of sp³-hybridized carbons (Fsp3) is 0.500. The van der Waals surface area contributed by atoms with E-state index < -0.39 is 17.5 Å². The number of carbonyl (C=O) groups is 3. The third kappa shape index (κ3) is 4.41. The van der Waals surface area contributed by atoms with Gasteiger partial charge in [-0.05, 0) is 38.8 Å². The lowest BCUT2D eigenvalue weighted by molar-refractivity contribution is -0.133. The smallest absolute Gasteiger partial charge is 0.255 e. The highest BCUT2D eigenvalue weighted by molar-refractivity contribution is 6.07. The molecule has 1 spiro atoms. The number of nitriles is 1. The normalized spacial score (nSPS) is 22.0. The zero-order valence-corrected chi connectivity index (χ0v) is 20.7. The van der Waals surface area contributed by atoms with E-state index in [1.807, 2.05) is 52.0 Å². The minimum Gasteiger partial charge on any atom is -0.340 e. The molecule has 9 nitrogen and oxygen atoms in total. The highest BCUT2D eigenvalue weighted by Gasteiger charge is 2.56. The van der Waals surface area contributed by atoms with Crippen LogP contribution in [0, 0.1) is 11.3 Å². The largest absolute Gasteiger partial charge is 0.340 e. The van der Waals surface area contributed by atoms with Crippen LogP contribution < -0.4 is 10.6 Å². The Morgan fingerprint density at radius 3 is 2.74 bits per heavy atom. The number of likely N-dealkylation sites (tertiary alicyclic amines) is 1. The molecule has 0 aliphatic carbocycles. The zero-order chi connectivity index (χ0) is 25.4. The molecule has 2 aliphatic heterocycles. The van der Waals surface area contributed by atoms with Crippen molar-refractivity contribution in [2.75, 3.05) is 11.9 Å². The van der Waals surface area contributed by atoms with E-state index in [9.17, 15) is 19.6 Å². The molecule has 3 amide bonds. The maximum atomic E-state index is 13.7. The molecule has 4 rings (SSSR count). The van der Waals surface area contributed by atoms with Crippen molar-refractivity contribution in [1.82, 2.24) is 20.0 Å². The van der Waals surface area contributed by atoms with Gasteiger partial charge in [-0.3, -0.25) is 19.1 Å². The van der Waals surface area contributed by atoms with Gasteiger partial charge in [0.15, 0.2) is 0 Å². The SMILES string of the molecule is CCCC[C@H](NC(=O)c1cnn(C(C)(C)C)c1)C(=O)N1C[C@]2(C[C@H]1C#N)C(=O)Nc1ccccc12. The highest BCUT2D eigenvalue weighted by Crippen LogP contribution is 2.46. The number of aromatic nitrogens is 2. The first kappa shape index (κ1) is 24.5. The van der Waals surface area contributed by atoms with Crippen LogP contribution >= 0.6 is 0 Å². The van der Waals surface area contributed by atoms with E-state index in [1.54, 1.807) is 10.9 Å². The molecule has 1 aromatic carbocycles. The summed E-state index contributed by atoms with van der Waals surface area (Å²) in [5, 5.41) is 19.9. The van der Waals surface area contributed by atoms with Crippen molar-refractivity contribution < 1.29 is 14.4 Å². The summed E-state index contributed by atoms with van der Waals surface area (Å²) in [6.07, 6.45) is 5.41. The zero-order valence-electron chi connectivity index (χ0n) is 20.7. The fourth-order valence-corrected chi connectivity index (χ4v) is 4.90. The molecule has 0 saturated carbocycles. The Balaban J connectivity index is 1.58. The molecule has 1 fully saturated rings. The number of carbonyl (C=O) groups excluding carboxylic acids is 3. The summed E-state index contributed by atoms with van der Waals surface area (Å²) >= 11 is 0. The topological polar surface area (TPSA) is 120 Å². The minimum absolute atomic E-state index is 0.105. The first-order valence-electron chi connectivity index (χ1n) is 12.1. The number of benzene rings is 1. The van der Waals surface area contributed by atoms with Crippen molar-refractivity contribution in [3.63, 3.8) is 0 Å². The Labute approximate surface area is 205 Å². The van der Waals surface area contributed by atoms with Gasteiger partial charge < -0.3 is 15.5 Å². The summed E-state index contributed by atoms with van der Waals surface area (Å²) in [4.78, 5) is 41.3. The van der Waals surface area contributed by atoms with Gasteiger partial charge in [-0.25, -0.2) is 0 Å². The van der Waals surface area contributed by atoms with E-state index in [0.29, 0.717) is 12.0 Å². The van der Waals surface area contributed by atoms with Crippen molar-refractivity contribution >= 4 is 23.4 Å². The van der Waals surface area contributed by atoms with Crippen LogP contribution in [0.15, 0.2) is 36.7 Å². The molecule has 2 aromatic rings. The van der Waals surface area contributed by atoms with E-state index in [4.69, 9.17) is 0 Å². The summed E-state index contributed by atoms with van der Waals surface area (Å²) in [5.74, 6) is -0.921. The molecule has 0 radical (unpaired) electrons. The first-order valence-corrected chi connectivity index (χ1v) is 12.1. The van der Waals surface area contributed by atoms with Crippen molar-refractivity contribution in [1.29, 1.82) is 5.26 Å². The van der Waals surface area contributed by atoms with Crippen molar-refractivity contribution in [2.45, 2.75) is 76.4 Å². The number of hydrogen-bond acceptors (Lipinski definition) is 5. The average Bonchev–Trinajstić information content (AvgIpc) is 3.53. The first-order chi connectivity index (χ1) is 16.6. The van der Waals surface area contributed by atoms with Crippen LogP contribution in [0.25, 0.3) is 0 Å². The van der Waals surface area contributed by atoms with Gasteiger partial charge >= 0.3 is 0 Å². The van der Waals surface area contributed by atoms with E-state index >= 15 is 0 Å². The number of fused-ring (bicyclic) bond motifs is 2. The monoisotopic (exact) mass is 476 g/mol. The molecule has 0 unspecified atom stereocenters. The maximum Gasteiger partial charge on any atom is 0.255 e. The van der Waals surface area contributed by atoms with Crippen LogP contribution in [0.2, 0.25) is 0 Å². The van der Waals surface area contributed by atoms with E-state index in [0.717, 1.165) is 24.1 Å². The maximum absolute atomic E-state index is 13.7. The molecule has 184 valence electrons. The van der Waals surface area contributed by atoms with E-state index in [1.165, 1.54) is 11.1 Å². The summed E-state index contributed by atoms with van der Waals surface area (Å²) in [6.45, 7) is 8.07. The van der Waals surface area contributed by atoms with Crippen LogP contribution in [0.5, 0.6) is 0 Å². The standard InChI is InChI=1S/C26H32N6O3/c1-5-6-10-21(29-22(33)17-14-28-32(15-17)25(2,3)4)23(34)31-16-26(12-18(31)13-27)19-9-7-8-11-20(19)30-24(26)35/h7-9,11,14-15,18,21H,5-6,10,12,16H2,1-4H3,(H,29,33)(H,30,35)/t18-,21-,26-/m0/s1. The quantitative estimate of drug-likeness (QED) is 0.664. The van der Waals surface area contributed by atoms with Crippen molar-refractivity contribution in [3.05, 3.63) is 47.8 Å². The third-order valence-electron chi connectivity index (χ3n) is 6.90. The van der Waals surface area contributed by atoms with Gasteiger partial charge in [-0.2, -0.15) is 10.4 Å². The number of anilines is 1. The van der Waals surface area contributed by atoms with Crippen LogP contribution in [0.3, 0.4) is 0 Å². The number of nitrogens with zero attached hydrogens (tertiary/aromatic N) is 4. The van der Waals surface area contributed by atoms with Gasteiger partial charge in [-0.1, -0.05) is 38.0 Å². The number of hydrogen-bond donors (Lipinski definition) is 2. The van der Waals surface area contributed by atoms with Gasteiger partial charge in [0.1, 0.15) is 12.1 Å². The second-order valence-corrected chi connectivity index (χ2v) is 10.4. The van der Waals surface area contributed by atoms with Crippen LogP contribution in [-0.2, 0) is 20.5 Å². The second kappa shape index (κ2) is 9.17. The van der Waals surface area contributed by atoms with E-state index in [2.05, 4.69) is 21.8 Å². The molecule has 9 heteroatoms. The molecular weight excluding hydrogens is 444 g/mol. The number of rotatable bonds is 6. The summed E-state index contributed by atoms with van der Waals surface area (Å²) in [6, 6.07) is 8.05. The average molecular weight is 477 g/mol. The number of unbranched alkanes of at least 4 members (excludes halogenated alkanes) is 1. The third-order valence-corrected chi connectivity index (χ3v) is 6.90. The summed E-state index contributed by atoms with van der Waals surface area (Å²) in [5.41, 5.74) is 0.658. The Bertz CT molecular complexity index is 1190. The van der Waals surface area contributed by atoms with Crippen LogP contribution in [0.4, 0.5) is 5.69 Å². The summed E-state index contributed by atoms with van der Waals surface area (Å²) in [7, 11) is 0. The highest BCUT2D eigenvalue weighted by atomic mass is 16.2. The Morgan fingerprint density at radius 2 is 2.09 bits per heavy atom. The van der Waals surface area contributed by atoms with Crippen LogP contribution in [-0.4, -0.2) is 51.0 Å². The van der Waals surface area contributed by atoms with Gasteiger partial charge in [0.05, 0.1) is 28.8 Å². The Kier molecular flexibility index (Phi) is 6.41. The molecule has 2 N–H and O–H groups in total. The molecule has 1 saturated heterocycles. The number of amides is 3. The molecule has 3 atom stereocenters. The van der Waals surface area contributed by atoms with E-state index in [-0.39, 0.29) is 36.2 Å². The minimum atomic E-state index is -0.959.